The summed E-state index contributed by atoms with van der Waals surface area (Å²) in [6, 6.07) is 43.6. The van der Waals surface area contributed by atoms with Crippen molar-refractivity contribution >= 4 is 49.6 Å². The maximum absolute atomic E-state index is 6.20. The van der Waals surface area contributed by atoms with Crippen LogP contribution >= 0.6 is 46.4 Å². The molecule has 60 heavy (non-hydrogen) atoms. The zero-order valence-electron chi connectivity index (χ0n) is 34.8. The van der Waals surface area contributed by atoms with E-state index < -0.39 is 0 Å². The van der Waals surface area contributed by atoms with E-state index in [9.17, 15) is 0 Å². The SMILES string of the molecule is CC(C)(C)c1cc2c([c-]c1-c1ccc(Cl)cc1)Cc1cc(-c3ccc(Cl)cc3)c(C(C)(C)C)cc1-2.Clc1ccc(C[C](=[Zr+2])Cc2ccc(Cl)cc2)cc1.[C-]1=CC=CC1.[Cl-].[Cl-]. The third-order valence-corrected chi connectivity index (χ3v) is 12.1. The Bertz CT molecular complexity index is 2260. The Morgan fingerprint density at radius 2 is 1.02 bits per heavy atom. The number of allylic oxidation sites excluding steroid dienone is 4. The minimum Gasteiger partial charge on any atom is -1.00 e. The van der Waals surface area contributed by atoms with Gasteiger partial charge in [0.1, 0.15) is 0 Å². The van der Waals surface area contributed by atoms with Crippen LogP contribution < -0.4 is 24.8 Å². The molecule has 0 unspecified atom stereocenters. The predicted octanol–water partition coefficient (Wildman–Crippen LogP) is 10.1. The van der Waals surface area contributed by atoms with Gasteiger partial charge in [-0.1, -0.05) is 130 Å². The molecule has 7 heteroatoms. The fourth-order valence-electron chi connectivity index (χ4n) is 7.23. The van der Waals surface area contributed by atoms with Crippen LogP contribution in [0.2, 0.25) is 20.1 Å². The van der Waals surface area contributed by atoms with E-state index >= 15 is 0 Å². The van der Waals surface area contributed by atoms with Crippen molar-refractivity contribution in [1.82, 2.24) is 0 Å². The zero-order valence-corrected chi connectivity index (χ0v) is 41.8. The second kappa shape index (κ2) is 22.1. The molecule has 0 saturated heterocycles. The molecule has 0 atom stereocenters. The first-order valence-electron chi connectivity index (χ1n) is 19.6. The number of benzene rings is 6. The van der Waals surface area contributed by atoms with Gasteiger partial charge in [0, 0.05) is 10.0 Å². The number of hydrogen-bond donors (Lipinski definition) is 0. The smallest absolute Gasteiger partial charge is 0.109 e. The molecule has 2 aliphatic rings. The van der Waals surface area contributed by atoms with Crippen LogP contribution in [0.3, 0.4) is 0 Å². The van der Waals surface area contributed by atoms with Crippen molar-refractivity contribution in [3.63, 3.8) is 0 Å². The fourth-order valence-corrected chi connectivity index (χ4v) is 8.73. The average molecular weight is 989 g/mol. The molecule has 0 amide bonds. The van der Waals surface area contributed by atoms with Crippen molar-refractivity contribution in [3.8, 4) is 33.4 Å². The molecule has 8 rings (SSSR count). The van der Waals surface area contributed by atoms with E-state index in [1.807, 2.05) is 60.7 Å². The standard InChI is InChI=1S/C33H31Cl2.C15H12Cl2.C5H5.2ClH.Zr/c1-32(2,3)30-18-26-22(16-28(30)20-7-11-24(34)12-8-20)15-23-17-29(21-9-13-25(35)14-10-21)31(19-27(23)26)33(4,5)6;16-14-8-4-12(5-9-14)2-1-3-13-6-10-15(17)11-7-13;1-2-4-5-3-1;;;/h7-14,16,18-19H,15H2,1-6H3;4-11H,2-3H2;1-3H,4H2;2*1H;/q-1;;-1;;;+2/p-2. The summed E-state index contributed by atoms with van der Waals surface area (Å²) in [5.41, 5.74) is 15.4. The average Bonchev–Trinajstić information content (AvgIpc) is 3.88. The Balaban J connectivity index is 0.000000265. The quantitative estimate of drug-likeness (QED) is 0.146. The summed E-state index contributed by atoms with van der Waals surface area (Å²) in [6.45, 7) is 13.7. The van der Waals surface area contributed by atoms with Gasteiger partial charge in [0.2, 0.25) is 0 Å². The summed E-state index contributed by atoms with van der Waals surface area (Å²) in [7, 11) is 0. The molecule has 0 saturated carbocycles. The van der Waals surface area contributed by atoms with Crippen LogP contribution in [0.15, 0.2) is 133 Å². The van der Waals surface area contributed by atoms with Gasteiger partial charge in [-0.25, -0.2) is 12.2 Å². The van der Waals surface area contributed by atoms with E-state index in [-0.39, 0.29) is 35.6 Å². The first-order valence-corrected chi connectivity index (χ1v) is 22.4. The van der Waals surface area contributed by atoms with E-state index in [4.69, 9.17) is 46.4 Å². The number of fused-ring (bicyclic) bond motifs is 3. The molecule has 0 fully saturated rings. The Hall–Kier alpha value is -2.71. The largest absolute Gasteiger partial charge is 1.00 e. The summed E-state index contributed by atoms with van der Waals surface area (Å²) in [5.74, 6) is 0. The van der Waals surface area contributed by atoms with Crippen molar-refractivity contribution in [2.24, 2.45) is 0 Å². The molecule has 0 bridgehead atoms. The summed E-state index contributed by atoms with van der Waals surface area (Å²) in [4.78, 5) is 0. The number of halogens is 6. The van der Waals surface area contributed by atoms with Gasteiger partial charge >= 0.3 is 133 Å². The second-order valence-electron chi connectivity index (χ2n) is 16.9. The van der Waals surface area contributed by atoms with E-state index in [1.54, 1.807) is 0 Å². The molecule has 0 N–H and O–H groups in total. The fraction of sp³-hybridized carbons (Fsp3) is 0.226. The van der Waals surface area contributed by atoms with Crippen LogP contribution in [0.25, 0.3) is 33.4 Å². The van der Waals surface area contributed by atoms with Crippen LogP contribution in [-0.2, 0) is 54.3 Å². The van der Waals surface area contributed by atoms with E-state index in [2.05, 4.69) is 126 Å². The first kappa shape index (κ1) is 49.9. The molecule has 6 aromatic carbocycles. The van der Waals surface area contributed by atoms with Crippen molar-refractivity contribution in [3.05, 3.63) is 199 Å². The normalized spacial score (nSPS) is 12.2. The van der Waals surface area contributed by atoms with Gasteiger partial charge in [-0.3, -0.25) is 6.08 Å². The van der Waals surface area contributed by atoms with Crippen LogP contribution in [0.1, 0.15) is 81.3 Å². The molecule has 6 aromatic rings. The Labute approximate surface area is 405 Å². The van der Waals surface area contributed by atoms with E-state index in [0.29, 0.717) is 0 Å². The Kier molecular flexibility index (Phi) is 18.4. The maximum Gasteiger partial charge on any atom is -0.109 e. The summed E-state index contributed by atoms with van der Waals surface area (Å²) in [6.07, 6.45) is 12.9. The van der Waals surface area contributed by atoms with Crippen LogP contribution in [-0.4, -0.2) is 3.21 Å². The van der Waals surface area contributed by atoms with Gasteiger partial charge in [-0.05, 0) is 51.6 Å². The molecular formula is C53H48Cl6Zr-2. The summed E-state index contributed by atoms with van der Waals surface area (Å²) >= 11 is 25.6. The summed E-state index contributed by atoms with van der Waals surface area (Å²) < 4.78 is 1.52. The molecule has 308 valence electrons. The van der Waals surface area contributed by atoms with Crippen LogP contribution in [0.4, 0.5) is 0 Å². The third-order valence-electron chi connectivity index (χ3n) is 10.2. The Morgan fingerprint density at radius 3 is 1.43 bits per heavy atom. The van der Waals surface area contributed by atoms with Crippen molar-refractivity contribution in [2.45, 2.75) is 78.1 Å². The van der Waals surface area contributed by atoms with Gasteiger partial charge in [-0.2, -0.15) is 6.08 Å². The molecule has 0 spiro atoms. The molecule has 0 radical (unpaired) electrons. The second-order valence-corrected chi connectivity index (χ2v) is 20.4. The van der Waals surface area contributed by atoms with Crippen molar-refractivity contribution in [1.29, 1.82) is 0 Å². The molecule has 0 heterocycles. The van der Waals surface area contributed by atoms with E-state index in [0.717, 1.165) is 51.3 Å². The molecule has 0 aromatic heterocycles. The predicted molar refractivity (Wildman–Crippen MR) is 249 cm³/mol. The van der Waals surface area contributed by atoms with Gasteiger partial charge in [0.25, 0.3) is 0 Å². The number of rotatable bonds is 6. The zero-order chi connectivity index (χ0) is 41.6. The van der Waals surface area contributed by atoms with E-state index in [1.165, 1.54) is 88.6 Å². The monoisotopic (exact) mass is 984 g/mol. The molecule has 0 aliphatic heterocycles. The molecular weight excluding hydrogens is 941 g/mol. The third kappa shape index (κ3) is 13.4. The first-order chi connectivity index (χ1) is 27.5. The maximum atomic E-state index is 6.20. The molecule has 0 nitrogen and oxygen atoms in total. The van der Waals surface area contributed by atoms with Crippen LogP contribution in [0, 0.1) is 12.1 Å². The summed E-state index contributed by atoms with van der Waals surface area (Å²) in [5, 5.41) is 3.10. The van der Waals surface area contributed by atoms with Gasteiger partial charge in [-0.15, -0.1) is 35.2 Å². The number of hydrogen-bond acceptors (Lipinski definition) is 0. The van der Waals surface area contributed by atoms with Crippen molar-refractivity contribution in [2.75, 3.05) is 0 Å². The minimum absolute atomic E-state index is 0. The minimum atomic E-state index is -0.0145. The topological polar surface area (TPSA) is 0 Å². The van der Waals surface area contributed by atoms with Crippen molar-refractivity contribution < 1.29 is 49.0 Å². The van der Waals surface area contributed by atoms with Gasteiger partial charge in [0.15, 0.2) is 0 Å². The Morgan fingerprint density at radius 1 is 0.567 bits per heavy atom. The van der Waals surface area contributed by atoms with Gasteiger partial charge in [0.05, 0.1) is 0 Å². The molecule has 2 aliphatic carbocycles. The van der Waals surface area contributed by atoms with Gasteiger partial charge < -0.3 is 24.8 Å². The van der Waals surface area contributed by atoms with Crippen LogP contribution in [0.5, 0.6) is 0 Å².